The predicted octanol–water partition coefficient (Wildman–Crippen LogP) is 3.97. The van der Waals surface area contributed by atoms with E-state index < -0.39 is 10.0 Å². The van der Waals surface area contributed by atoms with Gasteiger partial charge in [-0.2, -0.15) is 4.31 Å². The normalized spacial score (nSPS) is 16.1. The summed E-state index contributed by atoms with van der Waals surface area (Å²) in [7, 11) is -3.35. The molecule has 2 rings (SSSR count). The van der Waals surface area contributed by atoms with Crippen LogP contribution in [0.2, 0.25) is 0 Å². The third-order valence-electron chi connectivity index (χ3n) is 4.06. The number of hydrogen-bond donors (Lipinski definition) is 0. The van der Waals surface area contributed by atoms with Crippen LogP contribution in [0, 0.1) is 0 Å². The molecule has 0 unspecified atom stereocenters. The van der Waals surface area contributed by atoms with E-state index in [-0.39, 0.29) is 6.04 Å². The average Bonchev–Trinajstić information content (AvgIpc) is 2.42. The van der Waals surface area contributed by atoms with Crippen LogP contribution in [0.15, 0.2) is 29.2 Å². The molecule has 5 heteroatoms. The van der Waals surface area contributed by atoms with Crippen LogP contribution in [0.5, 0.6) is 0 Å². The summed E-state index contributed by atoms with van der Waals surface area (Å²) in [6.07, 6.45) is 6.05. The lowest BCUT2D eigenvalue weighted by Gasteiger charge is -2.36. The molecule has 1 aliphatic carbocycles. The molecule has 0 heterocycles. The minimum absolute atomic E-state index is 0.198. The Bertz CT molecular complexity index is 538. The van der Waals surface area contributed by atoms with Crippen molar-refractivity contribution in [2.24, 2.45) is 0 Å². The number of alkyl halides is 1. The van der Waals surface area contributed by atoms with Crippen molar-refractivity contribution in [3.05, 3.63) is 29.8 Å². The van der Waals surface area contributed by atoms with Gasteiger partial charge in [0.2, 0.25) is 10.0 Å². The third-order valence-corrected chi connectivity index (χ3v) is 6.59. The third kappa shape index (κ3) is 4.08. The molecule has 1 fully saturated rings. The molecule has 21 heavy (non-hydrogen) atoms. The van der Waals surface area contributed by atoms with E-state index in [1.165, 1.54) is 5.56 Å². The van der Waals surface area contributed by atoms with Crippen molar-refractivity contribution in [3.63, 3.8) is 0 Å². The summed E-state index contributed by atoms with van der Waals surface area (Å²) in [5, 5.41) is 0.835. The van der Waals surface area contributed by atoms with Crippen LogP contribution in [-0.2, 0) is 16.4 Å². The summed E-state index contributed by atoms with van der Waals surface area (Å²) in [5.74, 6) is 0. The lowest BCUT2D eigenvalue weighted by Crippen LogP contribution is -2.44. The van der Waals surface area contributed by atoms with E-state index >= 15 is 0 Å². The topological polar surface area (TPSA) is 37.4 Å². The minimum Gasteiger partial charge on any atom is -0.207 e. The van der Waals surface area contributed by atoms with E-state index in [2.05, 4.69) is 22.9 Å². The second-order valence-electron chi connectivity index (χ2n) is 5.64. The van der Waals surface area contributed by atoms with Gasteiger partial charge in [0.25, 0.3) is 0 Å². The maximum Gasteiger partial charge on any atom is 0.243 e. The van der Waals surface area contributed by atoms with Gasteiger partial charge in [0.05, 0.1) is 4.90 Å². The number of rotatable bonds is 8. The Morgan fingerprint density at radius 2 is 1.90 bits per heavy atom. The van der Waals surface area contributed by atoms with Gasteiger partial charge in [-0.25, -0.2) is 8.42 Å². The highest BCUT2D eigenvalue weighted by Gasteiger charge is 2.34. The van der Waals surface area contributed by atoms with E-state index in [4.69, 9.17) is 0 Å². The van der Waals surface area contributed by atoms with Gasteiger partial charge in [0.1, 0.15) is 0 Å². The molecule has 0 spiro atoms. The molecule has 1 saturated carbocycles. The smallest absolute Gasteiger partial charge is 0.207 e. The summed E-state index contributed by atoms with van der Waals surface area (Å²) >= 11 is 3.40. The molecule has 118 valence electrons. The van der Waals surface area contributed by atoms with Gasteiger partial charge in [-0.05, 0) is 43.4 Å². The van der Waals surface area contributed by atoms with E-state index in [0.717, 1.165) is 43.9 Å². The second kappa shape index (κ2) is 7.75. The molecule has 0 saturated heterocycles. The molecule has 0 atom stereocenters. The van der Waals surface area contributed by atoms with E-state index in [0.29, 0.717) is 11.4 Å². The Labute approximate surface area is 136 Å². The summed E-state index contributed by atoms with van der Waals surface area (Å²) in [6.45, 7) is 2.73. The largest absolute Gasteiger partial charge is 0.243 e. The summed E-state index contributed by atoms with van der Waals surface area (Å²) in [6, 6.07) is 7.62. The highest BCUT2D eigenvalue weighted by molar-refractivity contribution is 9.09. The van der Waals surface area contributed by atoms with E-state index in [1.54, 1.807) is 16.4 Å². The van der Waals surface area contributed by atoms with Gasteiger partial charge in [-0.3, -0.25) is 0 Å². The number of halogens is 1. The van der Waals surface area contributed by atoms with Crippen LogP contribution < -0.4 is 0 Å². The van der Waals surface area contributed by atoms with Crippen LogP contribution in [0.25, 0.3) is 0 Å². The van der Waals surface area contributed by atoms with Crippen molar-refractivity contribution in [1.29, 1.82) is 0 Å². The van der Waals surface area contributed by atoms with Crippen molar-refractivity contribution in [1.82, 2.24) is 4.31 Å². The average molecular weight is 374 g/mol. The van der Waals surface area contributed by atoms with Crippen molar-refractivity contribution >= 4 is 26.0 Å². The molecule has 0 radical (unpaired) electrons. The van der Waals surface area contributed by atoms with Crippen LogP contribution in [-0.4, -0.2) is 30.6 Å². The number of benzene rings is 1. The zero-order valence-electron chi connectivity index (χ0n) is 12.6. The van der Waals surface area contributed by atoms with Gasteiger partial charge >= 0.3 is 0 Å². The van der Waals surface area contributed by atoms with E-state index in [1.807, 2.05) is 12.1 Å². The summed E-state index contributed by atoms with van der Waals surface area (Å²) < 4.78 is 27.4. The van der Waals surface area contributed by atoms with Crippen LogP contribution in [0.4, 0.5) is 0 Å². The lowest BCUT2D eigenvalue weighted by atomic mass is 9.93. The molecule has 1 aromatic carbocycles. The standard InChI is InChI=1S/C16H24BrNO2S/c1-2-5-14-8-10-16(11-9-14)21(19,20)18(13-4-12-17)15-6-3-7-15/h8-11,15H,2-7,12-13H2,1H3. The Kier molecular flexibility index (Phi) is 6.26. The Morgan fingerprint density at radius 3 is 2.38 bits per heavy atom. The Balaban J connectivity index is 2.20. The molecule has 0 aliphatic heterocycles. The molecule has 1 aliphatic rings. The summed E-state index contributed by atoms with van der Waals surface area (Å²) in [5.41, 5.74) is 1.20. The maximum atomic E-state index is 12.9. The van der Waals surface area contributed by atoms with Gasteiger partial charge < -0.3 is 0 Å². The molecule has 0 amide bonds. The van der Waals surface area contributed by atoms with Crippen LogP contribution in [0.1, 0.15) is 44.6 Å². The fourth-order valence-electron chi connectivity index (χ4n) is 2.64. The Hall–Kier alpha value is -0.390. The highest BCUT2D eigenvalue weighted by atomic mass is 79.9. The molecule has 0 bridgehead atoms. The van der Waals surface area contributed by atoms with Crippen molar-refractivity contribution in [2.75, 3.05) is 11.9 Å². The summed E-state index contributed by atoms with van der Waals surface area (Å²) in [4.78, 5) is 0.434. The maximum absolute atomic E-state index is 12.9. The predicted molar refractivity (Wildman–Crippen MR) is 90.4 cm³/mol. The molecule has 3 nitrogen and oxygen atoms in total. The van der Waals surface area contributed by atoms with Crippen LogP contribution in [0.3, 0.4) is 0 Å². The fraction of sp³-hybridized carbons (Fsp3) is 0.625. The highest BCUT2D eigenvalue weighted by Crippen LogP contribution is 2.30. The quantitative estimate of drug-likeness (QED) is 0.646. The zero-order valence-corrected chi connectivity index (χ0v) is 15.0. The first-order chi connectivity index (χ1) is 10.1. The van der Waals surface area contributed by atoms with Gasteiger partial charge in [-0.1, -0.05) is 47.8 Å². The van der Waals surface area contributed by atoms with Crippen molar-refractivity contribution < 1.29 is 8.42 Å². The zero-order chi connectivity index (χ0) is 15.3. The van der Waals surface area contributed by atoms with Gasteiger partial charge in [-0.15, -0.1) is 0 Å². The van der Waals surface area contributed by atoms with E-state index in [9.17, 15) is 8.42 Å². The van der Waals surface area contributed by atoms with Gasteiger partial charge in [0.15, 0.2) is 0 Å². The Morgan fingerprint density at radius 1 is 1.24 bits per heavy atom. The first-order valence-corrected chi connectivity index (χ1v) is 10.3. The van der Waals surface area contributed by atoms with Gasteiger partial charge in [0, 0.05) is 17.9 Å². The number of sulfonamides is 1. The molecular formula is C16H24BrNO2S. The monoisotopic (exact) mass is 373 g/mol. The molecular weight excluding hydrogens is 350 g/mol. The number of aryl methyl sites for hydroxylation is 1. The molecule has 1 aromatic rings. The lowest BCUT2D eigenvalue weighted by molar-refractivity contribution is 0.220. The SMILES string of the molecule is CCCc1ccc(S(=O)(=O)N(CCCBr)C2CCC2)cc1. The van der Waals surface area contributed by atoms with Crippen molar-refractivity contribution in [3.8, 4) is 0 Å². The first-order valence-electron chi connectivity index (χ1n) is 7.76. The second-order valence-corrected chi connectivity index (χ2v) is 8.32. The molecule has 0 N–H and O–H groups in total. The number of hydrogen-bond acceptors (Lipinski definition) is 2. The van der Waals surface area contributed by atoms with Crippen molar-refractivity contribution in [2.45, 2.75) is 56.4 Å². The first kappa shape index (κ1) is 17.0. The van der Waals surface area contributed by atoms with Crippen LogP contribution >= 0.6 is 15.9 Å². The molecule has 0 aromatic heterocycles. The number of nitrogens with zero attached hydrogens (tertiary/aromatic N) is 1. The fourth-order valence-corrected chi connectivity index (χ4v) is 4.62. The minimum atomic E-state index is -3.35.